The number of carbonyl (C=O) groups excluding carboxylic acids is 4. The van der Waals surface area contributed by atoms with Crippen LogP contribution in [0.5, 0.6) is 0 Å². The fourth-order valence-electron chi connectivity index (χ4n) is 2.27. The summed E-state index contributed by atoms with van der Waals surface area (Å²) in [5.41, 5.74) is 0.905. The summed E-state index contributed by atoms with van der Waals surface area (Å²) in [4.78, 5) is 46.4. The summed E-state index contributed by atoms with van der Waals surface area (Å²) in [5.74, 6) is -2.73. The van der Waals surface area contributed by atoms with E-state index in [2.05, 4.69) is 5.32 Å². The monoisotopic (exact) mass is 391 g/mol. The van der Waals surface area contributed by atoms with Crippen LogP contribution in [0.1, 0.15) is 19.4 Å². The summed E-state index contributed by atoms with van der Waals surface area (Å²) in [6, 6.07) is 9.26. The second-order valence-corrected chi connectivity index (χ2v) is 5.87. The van der Waals surface area contributed by atoms with E-state index in [4.69, 9.17) is 18.9 Å². The van der Waals surface area contributed by atoms with Gasteiger partial charge in [-0.05, 0) is 11.6 Å². The van der Waals surface area contributed by atoms with Crippen molar-refractivity contribution in [3.05, 3.63) is 47.7 Å². The van der Waals surface area contributed by atoms with Gasteiger partial charge in [0.15, 0.2) is 5.76 Å². The van der Waals surface area contributed by atoms with Crippen LogP contribution in [0.2, 0.25) is 0 Å². The standard InChI is InChI=1S/C19H21NO8/c1-12(21)25-10-15-8-16(27-13(2)22)18(24)19(28-15)26-11-17(23)20-9-14-6-4-3-5-7-14/h3-8,15,19H,9-11H2,1-2H3,(H,20,23)/t15-,19-/m0/s1. The Labute approximate surface area is 161 Å². The van der Waals surface area contributed by atoms with Crippen molar-refractivity contribution in [3.63, 3.8) is 0 Å². The Morgan fingerprint density at radius 3 is 2.46 bits per heavy atom. The summed E-state index contributed by atoms with van der Waals surface area (Å²) >= 11 is 0. The average Bonchev–Trinajstić information content (AvgIpc) is 2.66. The van der Waals surface area contributed by atoms with Gasteiger partial charge in [-0.2, -0.15) is 0 Å². The molecule has 28 heavy (non-hydrogen) atoms. The number of Topliss-reactive ketones (excluding diaryl/α,β-unsaturated/α-hetero) is 1. The van der Waals surface area contributed by atoms with E-state index in [0.29, 0.717) is 6.54 Å². The Bertz CT molecular complexity index is 758. The number of hydrogen-bond donors (Lipinski definition) is 1. The van der Waals surface area contributed by atoms with Crippen molar-refractivity contribution in [2.24, 2.45) is 0 Å². The van der Waals surface area contributed by atoms with Gasteiger partial charge in [-0.1, -0.05) is 30.3 Å². The third-order valence-corrected chi connectivity index (χ3v) is 3.50. The van der Waals surface area contributed by atoms with Crippen LogP contribution in [0, 0.1) is 0 Å². The van der Waals surface area contributed by atoms with E-state index in [1.54, 1.807) is 0 Å². The molecular formula is C19H21NO8. The lowest BCUT2D eigenvalue weighted by atomic mass is 10.2. The van der Waals surface area contributed by atoms with Gasteiger partial charge < -0.3 is 24.3 Å². The van der Waals surface area contributed by atoms with Crippen LogP contribution in [0.25, 0.3) is 0 Å². The molecule has 9 nitrogen and oxygen atoms in total. The maximum absolute atomic E-state index is 12.3. The fourth-order valence-corrected chi connectivity index (χ4v) is 2.27. The van der Waals surface area contributed by atoms with E-state index in [1.807, 2.05) is 30.3 Å². The SMILES string of the molecule is CC(=O)OC[C@@H]1C=C(OC(C)=O)C(=O)[C@@H](OCC(=O)NCc2ccccc2)O1. The van der Waals surface area contributed by atoms with Gasteiger partial charge in [0.2, 0.25) is 12.2 Å². The highest BCUT2D eigenvalue weighted by Gasteiger charge is 2.35. The molecule has 0 unspecified atom stereocenters. The second-order valence-electron chi connectivity index (χ2n) is 5.87. The number of carbonyl (C=O) groups is 4. The lowest BCUT2D eigenvalue weighted by Gasteiger charge is -2.27. The Balaban J connectivity index is 1.91. The van der Waals surface area contributed by atoms with Gasteiger partial charge in [0, 0.05) is 20.4 Å². The van der Waals surface area contributed by atoms with E-state index in [9.17, 15) is 19.2 Å². The van der Waals surface area contributed by atoms with Crippen LogP contribution in [-0.2, 0) is 44.7 Å². The smallest absolute Gasteiger partial charge is 0.308 e. The molecule has 0 aromatic heterocycles. The predicted molar refractivity (Wildman–Crippen MR) is 94.4 cm³/mol. The van der Waals surface area contributed by atoms with Gasteiger partial charge >= 0.3 is 11.9 Å². The first-order chi connectivity index (χ1) is 13.3. The van der Waals surface area contributed by atoms with Gasteiger partial charge in [-0.15, -0.1) is 0 Å². The van der Waals surface area contributed by atoms with Crippen molar-refractivity contribution in [3.8, 4) is 0 Å². The van der Waals surface area contributed by atoms with Crippen LogP contribution in [-0.4, -0.2) is 49.2 Å². The highest BCUT2D eigenvalue weighted by molar-refractivity contribution is 5.98. The highest BCUT2D eigenvalue weighted by Crippen LogP contribution is 2.19. The number of hydrogen-bond acceptors (Lipinski definition) is 8. The number of esters is 2. The first-order valence-electron chi connectivity index (χ1n) is 8.50. The van der Waals surface area contributed by atoms with Crippen molar-refractivity contribution >= 4 is 23.6 Å². The molecule has 0 saturated carbocycles. The van der Waals surface area contributed by atoms with Crippen LogP contribution in [0.4, 0.5) is 0 Å². The van der Waals surface area contributed by atoms with Crippen LogP contribution >= 0.6 is 0 Å². The molecule has 0 radical (unpaired) electrons. The Hall–Kier alpha value is -3.04. The largest absolute Gasteiger partial charge is 0.463 e. The van der Waals surface area contributed by atoms with E-state index in [1.165, 1.54) is 13.0 Å². The predicted octanol–water partition coefficient (Wildman–Crippen LogP) is 0.624. The number of benzene rings is 1. The first-order valence-corrected chi connectivity index (χ1v) is 8.50. The quantitative estimate of drug-likeness (QED) is 0.641. The molecule has 0 fully saturated rings. The summed E-state index contributed by atoms with van der Waals surface area (Å²) in [6.07, 6.45) is -1.11. The van der Waals surface area contributed by atoms with Gasteiger partial charge in [-0.3, -0.25) is 19.2 Å². The van der Waals surface area contributed by atoms with Gasteiger partial charge in [-0.25, -0.2) is 0 Å². The number of ketones is 1. The summed E-state index contributed by atoms with van der Waals surface area (Å²) in [5, 5.41) is 2.65. The molecule has 0 bridgehead atoms. The van der Waals surface area contributed by atoms with Crippen molar-refractivity contribution in [1.82, 2.24) is 5.32 Å². The zero-order valence-corrected chi connectivity index (χ0v) is 15.5. The van der Waals surface area contributed by atoms with Crippen LogP contribution in [0.15, 0.2) is 42.2 Å². The van der Waals surface area contributed by atoms with Crippen molar-refractivity contribution in [2.75, 3.05) is 13.2 Å². The zero-order chi connectivity index (χ0) is 20.5. The van der Waals surface area contributed by atoms with Crippen molar-refractivity contribution in [2.45, 2.75) is 32.8 Å². The third kappa shape index (κ3) is 6.93. The molecular weight excluding hydrogens is 370 g/mol. The zero-order valence-electron chi connectivity index (χ0n) is 15.5. The summed E-state index contributed by atoms with van der Waals surface area (Å²) < 4.78 is 20.3. The van der Waals surface area contributed by atoms with E-state index < -0.39 is 42.6 Å². The van der Waals surface area contributed by atoms with E-state index in [0.717, 1.165) is 12.5 Å². The lowest BCUT2D eigenvalue weighted by molar-refractivity contribution is -0.191. The molecule has 0 saturated heterocycles. The van der Waals surface area contributed by atoms with Crippen molar-refractivity contribution in [1.29, 1.82) is 0 Å². The van der Waals surface area contributed by atoms with Gasteiger partial charge in [0.25, 0.3) is 5.78 Å². The maximum atomic E-state index is 12.3. The molecule has 9 heteroatoms. The van der Waals surface area contributed by atoms with Crippen molar-refractivity contribution < 1.29 is 38.1 Å². The Morgan fingerprint density at radius 2 is 1.82 bits per heavy atom. The minimum Gasteiger partial charge on any atom is -0.463 e. The molecule has 2 atom stereocenters. The molecule has 0 aliphatic carbocycles. The summed E-state index contributed by atoms with van der Waals surface area (Å²) in [6.45, 7) is 2.01. The highest BCUT2D eigenvalue weighted by atomic mass is 16.7. The average molecular weight is 391 g/mol. The Morgan fingerprint density at radius 1 is 1.11 bits per heavy atom. The second kappa shape index (κ2) is 10.3. The number of rotatable bonds is 8. The van der Waals surface area contributed by atoms with Crippen LogP contribution in [0.3, 0.4) is 0 Å². The molecule has 1 aliphatic heterocycles. The third-order valence-electron chi connectivity index (χ3n) is 3.50. The molecule has 1 amide bonds. The molecule has 1 N–H and O–H groups in total. The minimum atomic E-state index is -1.47. The maximum Gasteiger partial charge on any atom is 0.308 e. The molecule has 2 rings (SSSR count). The Kier molecular flexibility index (Phi) is 7.85. The molecule has 150 valence electrons. The topological polar surface area (TPSA) is 117 Å². The number of nitrogens with one attached hydrogen (secondary N) is 1. The lowest BCUT2D eigenvalue weighted by Crippen LogP contribution is -2.41. The van der Waals surface area contributed by atoms with E-state index in [-0.39, 0.29) is 12.4 Å². The normalized spacial score (nSPS) is 18.8. The van der Waals surface area contributed by atoms with Crippen LogP contribution < -0.4 is 5.32 Å². The fraction of sp³-hybridized carbons (Fsp3) is 0.368. The molecule has 1 aromatic rings. The summed E-state index contributed by atoms with van der Waals surface area (Å²) in [7, 11) is 0. The van der Waals surface area contributed by atoms with Gasteiger partial charge in [0.05, 0.1) is 0 Å². The molecule has 1 aliphatic rings. The number of amides is 1. The first kappa shape index (κ1) is 21.3. The van der Waals surface area contributed by atoms with E-state index >= 15 is 0 Å². The minimum absolute atomic E-state index is 0.201. The molecule has 0 spiro atoms. The van der Waals surface area contributed by atoms with Gasteiger partial charge in [0.1, 0.15) is 19.3 Å². The number of ether oxygens (including phenoxy) is 4. The molecule has 1 heterocycles. The molecule has 1 aromatic carbocycles.